The number of aliphatic hydroxyl groups is 2. The normalized spacial score (nSPS) is 15.0. The first-order valence-electron chi connectivity index (χ1n) is 4.14. The van der Waals surface area contributed by atoms with Gasteiger partial charge in [0, 0.05) is 5.33 Å². The van der Waals surface area contributed by atoms with Gasteiger partial charge >= 0.3 is 0 Å². The molecule has 0 fully saturated rings. The molecule has 0 radical (unpaired) electrons. The fourth-order valence-electron chi connectivity index (χ4n) is 1.08. The smallest absolute Gasteiger partial charge is 0.106 e. The molecule has 6 heteroatoms. The van der Waals surface area contributed by atoms with Crippen molar-refractivity contribution in [3.8, 4) is 0 Å². The monoisotopic (exact) mass is 313 g/mol. The maximum absolute atomic E-state index is 9.69. The summed E-state index contributed by atoms with van der Waals surface area (Å²) in [6.45, 7) is 0. The molecule has 0 saturated carbocycles. The lowest BCUT2D eigenvalue weighted by Crippen LogP contribution is -2.19. The third-order valence-corrected chi connectivity index (χ3v) is 3.25. The van der Waals surface area contributed by atoms with E-state index in [1.807, 2.05) is 0 Å². The highest BCUT2D eigenvalue weighted by Gasteiger charge is 2.19. The van der Waals surface area contributed by atoms with Crippen molar-refractivity contribution in [2.24, 2.45) is 0 Å². The molecule has 4 N–H and O–H groups in total. The van der Waals surface area contributed by atoms with Gasteiger partial charge in [0.2, 0.25) is 0 Å². The van der Waals surface area contributed by atoms with Gasteiger partial charge in [-0.2, -0.15) is 0 Å². The number of anilines is 1. The van der Waals surface area contributed by atoms with Gasteiger partial charge in [-0.25, -0.2) is 0 Å². The average molecular weight is 315 g/mol. The molecular formula is C9H10BrCl2NO2. The Labute approximate surface area is 106 Å². The van der Waals surface area contributed by atoms with E-state index in [1.54, 1.807) is 0 Å². The number of alkyl halides is 1. The molecule has 3 nitrogen and oxygen atoms in total. The van der Waals surface area contributed by atoms with Crippen LogP contribution in [0.25, 0.3) is 0 Å². The van der Waals surface area contributed by atoms with Gasteiger partial charge in [-0.3, -0.25) is 0 Å². The third kappa shape index (κ3) is 2.98. The second kappa shape index (κ2) is 5.37. The maximum Gasteiger partial charge on any atom is 0.106 e. The molecule has 2 unspecified atom stereocenters. The van der Waals surface area contributed by atoms with Crippen molar-refractivity contribution in [2.45, 2.75) is 12.2 Å². The number of benzene rings is 1. The fraction of sp³-hybridized carbons (Fsp3) is 0.333. The zero-order chi connectivity index (χ0) is 11.6. The molecule has 0 saturated heterocycles. The lowest BCUT2D eigenvalue weighted by Gasteiger charge is -2.17. The van der Waals surface area contributed by atoms with Crippen LogP contribution in [-0.4, -0.2) is 21.6 Å². The molecule has 1 aromatic rings. The van der Waals surface area contributed by atoms with Crippen molar-refractivity contribution in [1.29, 1.82) is 0 Å². The Morgan fingerprint density at radius 2 is 1.73 bits per heavy atom. The van der Waals surface area contributed by atoms with Gasteiger partial charge in [0.15, 0.2) is 0 Å². The van der Waals surface area contributed by atoms with E-state index in [-0.39, 0.29) is 21.1 Å². The summed E-state index contributed by atoms with van der Waals surface area (Å²) in [4.78, 5) is 0. The highest BCUT2D eigenvalue weighted by molar-refractivity contribution is 9.09. The van der Waals surface area contributed by atoms with Crippen LogP contribution in [-0.2, 0) is 0 Å². The number of nitrogen functional groups attached to an aromatic ring is 1. The topological polar surface area (TPSA) is 66.5 Å². The van der Waals surface area contributed by atoms with E-state index < -0.39 is 12.2 Å². The number of rotatable bonds is 3. The maximum atomic E-state index is 9.69. The van der Waals surface area contributed by atoms with E-state index in [1.165, 1.54) is 12.1 Å². The number of aliphatic hydroxyl groups excluding tert-OH is 2. The second-order valence-electron chi connectivity index (χ2n) is 3.06. The van der Waals surface area contributed by atoms with Crippen molar-refractivity contribution < 1.29 is 10.2 Å². The van der Waals surface area contributed by atoms with Crippen molar-refractivity contribution >= 4 is 44.8 Å². The molecule has 0 aliphatic heterocycles. The minimum atomic E-state index is -1.04. The van der Waals surface area contributed by atoms with Crippen molar-refractivity contribution in [3.05, 3.63) is 27.7 Å². The quantitative estimate of drug-likeness (QED) is 0.593. The molecule has 1 aromatic carbocycles. The molecular weight excluding hydrogens is 305 g/mol. The molecule has 0 bridgehead atoms. The molecule has 0 aliphatic carbocycles. The van der Waals surface area contributed by atoms with Crippen LogP contribution in [0.3, 0.4) is 0 Å². The van der Waals surface area contributed by atoms with Crippen molar-refractivity contribution in [3.63, 3.8) is 0 Å². The van der Waals surface area contributed by atoms with Gasteiger partial charge in [-0.1, -0.05) is 39.1 Å². The highest BCUT2D eigenvalue weighted by Crippen LogP contribution is 2.32. The summed E-state index contributed by atoms with van der Waals surface area (Å²) in [7, 11) is 0. The van der Waals surface area contributed by atoms with Crippen LogP contribution in [0.4, 0.5) is 5.69 Å². The lowest BCUT2D eigenvalue weighted by atomic mass is 10.1. The van der Waals surface area contributed by atoms with Gasteiger partial charge in [-0.05, 0) is 17.7 Å². The first-order valence-corrected chi connectivity index (χ1v) is 6.01. The zero-order valence-electron chi connectivity index (χ0n) is 7.62. The number of hydrogen-bond donors (Lipinski definition) is 3. The Bertz CT molecular complexity index is 339. The van der Waals surface area contributed by atoms with Crippen molar-refractivity contribution in [2.75, 3.05) is 11.1 Å². The van der Waals surface area contributed by atoms with Crippen molar-refractivity contribution in [1.82, 2.24) is 0 Å². The third-order valence-electron chi connectivity index (χ3n) is 1.97. The van der Waals surface area contributed by atoms with E-state index in [0.29, 0.717) is 5.56 Å². The van der Waals surface area contributed by atoms with E-state index >= 15 is 0 Å². The molecule has 1 rings (SSSR count). The summed E-state index contributed by atoms with van der Waals surface area (Å²) in [5.41, 5.74) is 6.24. The van der Waals surface area contributed by atoms with Gasteiger partial charge in [0.25, 0.3) is 0 Å². The second-order valence-corrected chi connectivity index (χ2v) is 4.53. The predicted molar refractivity (Wildman–Crippen MR) is 65.6 cm³/mol. The van der Waals surface area contributed by atoms with E-state index in [0.717, 1.165) is 0 Å². The molecule has 0 amide bonds. The lowest BCUT2D eigenvalue weighted by molar-refractivity contribution is 0.0343. The van der Waals surface area contributed by atoms with Crippen LogP contribution in [0.2, 0.25) is 10.0 Å². The molecule has 2 atom stereocenters. The van der Waals surface area contributed by atoms with E-state index in [9.17, 15) is 10.2 Å². The minimum absolute atomic E-state index is 0.258. The Kier molecular flexibility index (Phi) is 4.67. The molecule has 15 heavy (non-hydrogen) atoms. The SMILES string of the molecule is Nc1c(Cl)cc(C(O)C(O)CBr)cc1Cl. The summed E-state index contributed by atoms with van der Waals surface area (Å²) in [5.74, 6) is 0. The van der Waals surface area contributed by atoms with E-state index in [2.05, 4.69) is 15.9 Å². The Balaban J connectivity index is 3.06. The molecule has 0 spiro atoms. The number of hydrogen-bond acceptors (Lipinski definition) is 3. The van der Waals surface area contributed by atoms with Gasteiger partial charge in [0.1, 0.15) is 6.10 Å². The predicted octanol–water partition coefficient (Wildman–Crippen LogP) is 2.36. The summed E-state index contributed by atoms with van der Waals surface area (Å²) in [5, 5.41) is 19.9. The van der Waals surface area contributed by atoms with Crippen LogP contribution in [0, 0.1) is 0 Å². The van der Waals surface area contributed by atoms with Crippen LogP contribution in [0.15, 0.2) is 12.1 Å². The molecule has 0 heterocycles. The average Bonchev–Trinajstić information content (AvgIpc) is 2.23. The first kappa shape index (κ1) is 13.1. The largest absolute Gasteiger partial charge is 0.396 e. The molecule has 0 aliphatic rings. The van der Waals surface area contributed by atoms with Crippen LogP contribution < -0.4 is 5.73 Å². The van der Waals surface area contributed by atoms with E-state index in [4.69, 9.17) is 28.9 Å². The van der Waals surface area contributed by atoms with Crippen LogP contribution in [0.1, 0.15) is 11.7 Å². The van der Waals surface area contributed by atoms with Crippen LogP contribution in [0.5, 0.6) is 0 Å². The standard InChI is InChI=1S/C9H10BrCl2NO2/c10-3-7(14)9(15)4-1-5(11)8(13)6(12)2-4/h1-2,7,9,14-15H,3,13H2. The fourth-order valence-corrected chi connectivity index (χ4v) is 1.94. The summed E-state index contributed by atoms with van der Waals surface area (Å²) in [6.07, 6.45) is -1.96. The Morgan fingerprint density at radius 3 is 2.13 bits per heavy atom. The first-order chi connectivity index (χ1) is 6.97. The molecule has 0 aromatic heterocycles. The zero-order valence-corrected chi connectivity index (χ0v) is 10.7. The minimum Gasteiger partial charge on any atom is -0.396 e. The summed E-state index contributed by atoms with van der Waals surface area (Å²) < 4.78 is 0. The van der Waals surface area contributed by atoms with Gasteiger partial charge in [-0.15, -0.1) is 0 Å². The number of nitrogens with two attached hydrogens (primary N) is 1. The Morgan fingerprint density at radius 1 is 1.27 bits per heavy atom. The summed E-state index contributed by atoms with van der Waals surface area (Å²) >= 11 is 14.7. The van der Waals surface area contributed by atoms with Gasteiger partial charge in [0.05, 0.1) is 21.8 Å². The van der Waals surface area contributed by atoms with Crippen LogP contribution >= 0.6 is 39.1 Å². The Hall–Kier alpha value is -0.0000000000000000555. The highest BCUT2D eigenvalue weighted by atomic mass is 79.9. The van der Waals surface area contributed by atoms with Gasteiger partial charge < -0.3 is 15.9 Å². The summed E-state index contributed by atoms with van der Waals surface area (Å²) in [6, 6.07) is 2.97. The molecule has 84 valence electrons. The number of halogens is 3.